The van der Waals surface area contributed by atoms with Gasteiger partial charge >= 0.3 is 0 Å². The van der Waals surface area contributed by atoms with Crippen LogP contribution in [-0.2, 0) is 6.54 Å². The fraction of sp³-hybridized carbons (Fsp3) is 0.684. The van der Waals surface area contributed by atoms with Gasteiger partial charge in [0, 0.05) is 25.2 Å². The third kappa shape index (κ3) is 4.30. The molecule has 2 aliphatic rings. The van der Waals surface area contributed by atoms with E-state index >= 15 is 0 Å². The van der Waals surface area contributed by atoms with E-state index < -0.39 is 11.6 Å². The second-order valence-corrected chi connectivity index (χ2v) is 8.39. The molecule has 2 saturated heterocycles. The van der Waals surface area contributed by atoms with Crippen molar-refractivity contribution in [3.05, 3.63) is 35.4 Å². The average molecular weight is 355 g/mol. The van der Waals surface area contributed by atoms with Gasteiger partial charge in [-0.1, -0.05) is 12.1 Å². The molecule has 3 rings (SSSR count). The zero-order valence-corrected chi connectivity index (χ0v) is 15.4. The molecule has 0 N–H and O–H groups in total. The van der Waals surface area contributed by atoms with Crippen molar-refractivity contribution in [1.29, 1.82) is 0 Å². The van der Waals surface area contributed by atoms with Gasteiger partial charge in [0.25, 0.3) is 0 Å². The quantitative estimate of drug-likeness (QED) is 0.713. The van der Waals surface area contributed by atoms with E-state index in [4.69, 9.17) is 0 Å². The molecule has 1 atom stereocenters. The first kappa shape index (κ1) is 18.2. The molecule has 0 amide bonds. The van der Waals surface area contributed by atoms with Crippen molar-refractivity contribution in [1.82, 2.24) is 9.80 Å². The molecule has 0 saturated carbocycles. The Balaban J connectivity index is 1.57. The van der Waals surface area contributed by atoms with Gasteiger partial charge in [0.15, 0.2) is 11.6 Å². The Morgan fingerprint density at radius 1 is 1.12 bits per heavy atom. The van der Waals surface area contributed by atoms with E-state index in [1.165, 1.54) is 50.7 Å². The third-order valence-corrected chi connectivity index (χ3v) is 6.20. The van der Waals surface area contributed by atoms with Crippen LogP contribution >= 0.6 is 11.8 Å². The number of nitrogens with zero attached hydrogens (tertiary/aromatic N) is 2. The molecule has 2 nitrogen and oxygen atoms in total. The Hall–Kier alpha value is -0.650. The van der Waals surface area contributed by atoms with E-state index in [2.05, 4.69) is 16.1 Å². The van der Waals surface area contributed by atoms with Gasteiger partial charge in [0.2, 0.25) is 0 Å². The van der Waals surface area contributed by atoms with Crippen LogP contribution in [0.5, 0.6) is 0 Å². The number of benzene rings is 1. The van der Waals surface area contributed by atoms with Crippen LogP contribution in [0.1, 0.15) is 31.2 Å². The van der Waals surface area contributed by atoms with Crippen molar-refractivity contribution in [3.8, 4) is 0 Å². The molecule has 1 aromatic rings. The molecule has 2 fully saturated rings. The van der Waals surface area contributed by atoms with Crippen molar-refractivity contribution >= 4 is 11.8 Å². The molecule has 0 radical (unpaired) electrons. The molecule has 2 heterocycles. The van der Waals surface area contributed by atoms with E-state index in [0.29, 0.717) is 17.5 Å². The van der Waals surface area contributed by atoms with Crippen LogP contribution < -0.4 is 0 Å². The van der Waals surface area contributed by atoms with Gasteiger partial charge in [-0.15, -0.1) is 0 Å². The van der Waals surface area contributed by atoms with Gasteiger partial charge in [-0.25, -0.2) is 8.78 Å². The Morgan fingerprint density at radius 3 is 2.79 bits per heavy atom. The molecule has 1 spiro atoms. The number of halogens is 2. The molecule has 0 bridgehead atoms. The summed E-state index contributed by atoms with van der Waals surface area (Å²) in [4.78, 5) is 4.93. The minimum absolute atomic E-state index is 0.363. The highest BCUT2D eigenvalue weighted by molar-refractivity contribution is 7.98. The summed E-state index contributed by atoms with van der Waals surface area (Å²) < 4.78 is 27.4. The summed E-state index contributed by atoms with van der Waals surface area (Å²) in [5.74, 6) is -0.184. The third-order valence-electron chi connectivity index (χ3n) is 5.51. The van der Waals surface area contributed by atoms with Gasteiger partial charge < -0.3 is 4.90 Å². The predicted molar refractivity (Wildman–Crippen MR) is 97.4 cm³/mol. The largest absolute Gasteiger partial charge is 0.303 e. The van der Waals surface area contributed by atoms with Crippen LogP contribution in [0.4, 0.5) is 8.78 Å². The molecular formula is C19H28F2N2S. The van der Waals surface area contributed by atoms with Crippen LogP contribution in [-0.4, -0.2) is 54.5 Å². The summed E-state index contributed by atoms with van der Waals surface area (Å²) in [5.41, 5.74) is 0.850. The van der Waals surface area contributed by atoms with Crippen LogP contribution in [0.25, 0.3) is 0 Å². The number of hydrogen-bond acceptors (Lipinski definition) is 3. The Morgan fingerprint density at radius 2 is 1.96 bits per heavy atom. The van der Waals surface area contributed by atoms with E-state index in [9.17, 15) is 8.78 Å². The summed E-state index contributed by atoms with van der Waals surface area (Å²) >= 11 is 1.92. The summed E-state index contributed by atoms with van der Waals surface area (Å²) in [6, 6.07) is 4.51. The number of piperidine rings is 1. The minimum atomic E-state index is -0.736. The Kier molecular flexibility index (Phi) is 6.17. The number of rotatable bonds is 6. The lowest BCUT2D eigenvalue weighted by molar-refractivity contribution is 0.0865. The second kappa shape index (κ2) is 8.15. The number of hydrogen-bond donors (Lipinski definition) is 0. The molecule has 1 unspecified atom stereocenters. The highest BCUT2D eigenvalue weighted by atomic mass is 32.2. The van der Waals surface area contributed by atoms with Crippen LogP contribution in [0.2, 0.25) is 0 Å². The Bertz CT molecular complexity index is 554. The second-order valence-electron chi connectivity index (χ2n) is 7.40. The lowest BCUT2D eigenvalue weighted by Gasteiger charge is -2.40. The summed E-state index contributed by atoms with van der Waals surface area (Å²) in [5, 5.41) is 0. The standard InChI is InChI=1S/C19H28F2N2S/c1-24-12-4-10-22-11-8-19(14-22)7-3-9-23(15-19)13-16-5-2-6-17(20)18(16)21/h2,5-6H,3-4,7-15H2,1H3. The maximum absolute atomic E-state index is 13.9. The first-order chi connectivity index (χ1) is 11.6. The van der Waals surface area contributed by atoms with Crippen molar-refractivity contribution in [2.24, 2.45) is 5.41 Å². The first-order valence-electron chi connectivity index (χ1n) is 8.98. The fourth-order valence-corrected chi connectivity index (χ4v) is 4.76. The zero-order valence-electron chi connectivity index (χ0n) is 14.6. The molecule has 0 aromatic heterocycles. The van der Waals surface area contributed by atoms with Crippen LogP contribution in [0, 0.1) is 17.0 Å². The maximum Gasteiger partial charge on any atom is 0.163 e. The number of likely N-dealkylation sites (tertiary alicyclic amines) is 2. The molecule has 5 heteroatoms. The summed E-state index contributed by atoms with van der Waals surface area (Å²) in [6.07, 6.45) is 7.10. The Labute approximate surface area is 148 Å². The number of thioether (sulfide) groups is 1. The van der Waals surface area contributed by atoms with Crippen molar-refractivity contribution in [2.45, 2.75) is 32.2 Å². The highest BCUT2D eigenvalue weighted by Gasteiger charge is 2.41. The summed E-state index contributed by atoms with van der Waals surface area (Å²) in [7, 11) is 0. The van der Waals surface area contributed by atoms with Crippen LogP contribution in [0.15, 0.2) is 18.2 Å². The van der Waals surface area contributed by atoms with Gasteiger partial charge in [0.05, 0.1) is 0 Å². The van der Waals surface area contributed by atoms with E-state index in [1.54, 1.807) is 12.1 Å². The highest BCUT2D eigenvalue weighted by Crippen LogP contribution is 2.39. The van der Waals surface area contributed by atoms with Crippen LogP contribution in [0.3, 0.4) is 0 Å². The lowest BCUT2D eigenvalue weighted by Crippen LogP contribution is -2.44. The smallest absolute Gasteiger partial charge is 0.163 e. The van der Waals surface area contributed by atoms with Gasteiger partial charge in [-0.05, 0) is 68.8 Å². The van der Waals surface area contributed by atoms with Crippen molar-refractivity contribution in [2.75, 3.05) is 44.7 Å². The minimum Gasteiger partial charge on any atom is -0.303 e. The lowest BCUT2D eigenvalue weighted by atomic mass is 9.79. The molecule has 2 aliphatic heterocycles. The zero-order chi connectivity index (χ0) is 17.0. The monoisotopic (exact) mass is 354 g/mol. The normalized spacial score (nSPS) is 25.6. The van der Waals surface area contributed by atoms with E-state index in [-0.39, 0.29) is 0 Å². The first-order valence-corrected chi connectivity index (χ1v) is 10.4. The van der Waals surface area contributed by atoms with E-state index in [0.717, 1.165) is 19.5 Å². The van der Waals surface area contributed by atoms with Crippen molar-refractivity contribution < 1.29 is 8.78 Å². The SMILES string of the molecule is CSCCCN1CCC2(CCCN(Cc3cccc(F)c3F)C2)C1. The molecule has 1 aromatic carbocycles. The summed E-state index contributed by atoms with van der Waals surface area (Å²) in [6.45, 7) is 6.09. The maximum atomic E-state index is 13.9. The fourth-order valence-electron chi connectivity index (χ4n) is 4.34. The van der Waals surface area contributed by atoms with Gasteiger partial charge in [-0.3, -0.25) is 4.90 Å². The molecule has 0 aliphatic carbocycles. The predicted octanol–water partition coefficient (Wildman–Crippen LogP) is 4.01. The van der Waals surface area contributed by atoms with Crippen molar-refractivity contribution in [3.63, 3.8) is 0 Å². The molecule has 134 valence electrons. The average Bonchev–Trinajstić information content (AvgIpc) is 2.94. The topological polar surface area (TPSA) is 6.48 Å². The molecular weight excluding hydrogens is 326 g/mol. The van der Waals surface area contributed by atoms with Gasteiger partial charge in [0.1, 0.15) is 0 Å². The molecule has 24 heavy (non-hydrogen) atoms. The van der Waals surface area contributed by atoms with E-state index in [1.807, 2.05) is 11.8 Å². The van der Waals surface area contributed by atoms with Gasteiger partial charge in [-0.2, -0.15) is 11.8 Å².